The van der Waals surface area contributed by atoms with Crippen LogP contribution >= 0.6 is 0 Å². The van der Waals surface area contributed by atoms with Crippen molar-refractivity contribution in [3.05, 3.63) is 54.0 Å². The maximum Gasteiger partial charge on any atom is 0.389 e. The average molecular weight is 432 g/mol. The molecule has 6 nitrogen and oxygen atoms in total. The van der Waals surface area contributed by atoms with Gasteiger partial charge in [-0.3, -0.25) is 4.98 Å². The molecule has 3 heterocycles. The number of aryl methyl sites for hydroxylation is 1. The number of aromatic nitrogens is 5. The lowest BCUT2D eigenvalue weighted by Gasteiger charge is -2.19. The van der Waals surface area contributed by atoms with E-state index in [2.05, 4.69) is 30.2 Å². The van der Waals surface area contributed by atoms with E-state index in [0.717, 1.165) is 10.9 Å². The fourth-order valence-corrected chi connectivity index (χ4v) is 3.54. The molecule has 4 aromatic rings. The Morgan fingerprint density at radius 2 is 1.94 bits per heavy atom. The van der Waals surface area contributed by atoms with Crippen LogP contribution in [0.4, 0.5) is 23.4 Å². The molecule has 0 aliphatic heterocycles. The first kappa shape index (κ1) is 21.0. The Labute approximate surface area is 175 Å². The molecule has 2 N–H and O–H groups in total. The van der Waals surface area contributed by atoms with Crippen LogP contribution in [0.25, 0.3) is 22.1 Å². The lowest BCUT2D eigenvalue weighted by atomic mass is 9.99. The number of hydrogen-bond donors (Lipinski definition) is 2. The van der Waals surface area contributed by atoms with Crippen LogP contribution in [0.1, 0.15) is 43.5 Å². The predicted molar refractivity (Wildman–Crippen MR) is 109 cm³/mol. The summed E-state index contributed by atoms with van der Waals surface area (Å²) in [6.07, 6.45) is -1.40. The van der Waals surface area contributed by atoms with E-state index >= 15 is 0 Å². The van der Waals surface area contributed by atoms with Gasteiger partial charge in [0.2, 0.25) is 0 Å². The van der Waals surface area contributed by atoms with Crippen LogP contribution < -0.4 is 5.32 Å². The summed E-state index contributed by atoms with van der Waals surface area (Å²) in [6.45, 7) is 1.91. The molecule has 0 aliphatic carbocycles. The standard InChI is InChI=1S/C21H20F4N6/c1-12(30-20-18-19(27-10-26-18)28-11-29-20)15-8-13-5-6-14(22)9-17(13)31-16(15)4-2-3-7-21(23,24)25/h5-6,8-12H,2-4,7H2,1H3,(H2,26,27,28,29,30)/t12-/m0/s1. The first-order valence-electron chi connectivity index (χ1n) is 9.86. The molecule has 1 aromatic carbocycles. The number of nitrogens with one attached hydrogen (secondary N) is 2. The molecular formula is C21H20F4N6. The van der Waals surface area contributed by atoms with Crippen molar-refractivity contribution >= 4 is 27.9 Å². The fourth-order valence-electron chi connectivity index (χ4n) is 3.54. The lowest BCUT2D eigenvalue weighted by molar-refractivity contribution is -0.135. The molecule has 4 rings (SSSR count). The highest BCUT2D eigenvalue weighted by atomic mass is 19.4. The normalized spacial score (nSPS) is 13.1. The van der Waals surface area contributed by atoms with Gasteiger partial charge in [0.05, 0.1) is 17.9 Å². The average Bonchev–Trinajstić information content (AvgIpc) is 3.19. The molecule has 0 unspecified atom stereocenters. The van der Waals surface area contributed by atoms with E-state index in [0.29, 0.717) is 41.0 Å². The Kier molecular flexibility index (Phi) is 5.71. The molecule has 3 aromatic heterocycles. The number of unbranched alkanes of at least 4 members (excludes halogenated alkanes) is 1. The van der Waals surface area contributed by atoms with Crippen molar-refractivity contribution in [2.24, 2.45) is 0 Å². The summed E-state index contributed by atoms with van der Waals surface area (Å²) in [4.78, 5) is 20.1. The third-order valence-corrected chi connectivity index (χ3v) is 5.05. The van der Waals surface area contributed by atoms with Crippen LogP contribution in [0, 0.1) is 5.82 Å². The SMILES string of the molecule is C[C@H](Nc1ncnc2[nH]cnc12)c1cc2ccc(F)cc2nc1CCCCC(F)(F)F. The zero-order valence-corrected chi connectivity index (χ0v) is 16.7. The molecule has 0 spiro atoms. The second-order valence-corrected chi connectivity index (χ2v) is 7.37. The van der Waals surface area contributed by atoms with E-state index in [9.17, 15) is 17.6 Å². The summed E-state index contributed by atoms with van der Waals surface area (Å²) in [7, 11) is 0. The van der Waals surface area contributed by atoms with Crippen LogP contribution in [0.15, 0.2) is 36.9 Å². The van der Waals surface area contributed by atoms with E-state index in [1.807, 2.05) is 13.0 Å². The van der Waals surface area contributed by atoms with Crippen molar-refractivity contribution in [3.8, 4) is 0 Å². The number of aromatic amines is 1. The third-order valence-electron chi connectivity index (χ3n) is 5.05. The highest BCUT2D eigenvalue weighted by Gasteiger charge is 2.26. The number of anilines is 1. The Balaban J connectivity index is 1.63. The summed E-state index contributed by atoms with van der Waals surface area (Å²) in [5.41, 5.74) is 3.08. The second-order valence-electron chi connectivity index (χ2n) is 7.37. The maximum atomic E-state index is 13.7. The molecule has 0 fully saturated rings. The van der Waals surface area contributed by atoms with Crippen molar-refractivity contribution < 1.29 is 17.6 Å². The Morgan fingerprint density at radius 3 is 2.74 bits per heavy atom. The van der Waals surface area contributed by atoms with Gasteiger partial charge in [0.15, 0.2) is 11.5 Å². The van der Waals surface area contributed by atoms with Gasteiger partial charge in [-0.05, 0) is 49.9 Å². The van der Waals surface area contributed by atoms with E-state index in [1.54, 1.807) is 6.07 Å². The number of fused-ring (bicyclic) bond motifs is 2. The Hall–Kier alpha value is -3.30. The van der Waals surface area contributed by atoms with Crippen LogP contribution in [0.2, 0.25) is 0 Å². The molecule has 162 valence electrons. The monoisotopic (exact) mass is 432 g/mol. The van der Waals surface area contributed by atoms with Gasteiger partial charge in [-0.2, -0.15) is 13.2 Å². The fraction of sp³-hybridized carbons (Fsp3) is 0.333. The molecule has 0 bridgehead atoms. The summed E-state index contributed by atoms with van der Waals surface area (Å²) in [5, 5.41) is 4.04. The summed E-state index contributed by atoms with van der Waals surface area (Å²) in [6, 6.07) is 5.94. The number of halogens is 4. The van der Waals surface area contributed by atoms with Gasteiger partial charge < -0.3 is 10.3 Å². The largest absolute Gasteiger partial charge is 0.389 e. The quantitative estimate of drug-likeness (QED) is 0.298. The highest BCUT2D eigenvalue weighted by Crippen LogP contribution is 2.29. The molecule has 10 heteroatoms. The van der Waals surface area contributed by atoms with Crippen LogP contribution in [-0.4, -0.2) is 31.1 Å². The van der Waals surface area contributed by atoms with E-state index in [1.165, 1.54) is 24.8 Å². The van der Waals surface area contributed by atoms with Gasteiger partial charge in [0, 0.05) is 23.6 Å². The van der Waals surface area contributed by atoms with Crippen LogP contribution in [0.3, 0.4) is 0 Å². The smallest absolute Gasteiger partial charge is 0.362 e. The zero-order chi connectivity index (χ0) is 22.0. The predicted octanol–water partition coefficient (Wildman–Crippen LogP) is 5.49. The number of H-pyrrole nitrogens is 1. The minimum absolute atomic E-state index is 0.00736. The summed E-state index contributed by atoms with van der Waals surface area (Å²) >= 11 is 0. The van der Waals surface area contributed by atoms with Crippen molar-refractivity contribution in [3.63, 3.8) is 0 Å². The van der Waals surface area contributed by atoms with Crippen LogP contribution in [-0.2, 0) is 6.42 Å². The molecule has 0 aliphatic rings. The van der Waals surface area contributed by atoms with Crippen molar-refractivity contribution in [2.45, 2.75) is 44.8 Å². The minimum Gasteiger partial charge on any atom is -0.362 e. The topological polar surface area (TPSA) is 79.4 Å². The number of alkyl halides is 3. The summed E-state index contributed by atoms with van der Waals surface area (Å²) < 4.78 is 51.2. The zero-order valence-electron chi connectivity index (χ0n) is 16.7. The van der Waals surface area contributed by atoms with E-state index < -0.39 is 18.4 Å². The number of nitrogens with zero attached hydrogens (tertiary/aromatic N) is 4. The van der Waals surface area contributed by atoms with Gasteiger partial charge in [-0.25, -0.2) is 19.3 Å². The number of benzene rings is 1. The highest BCUT2D eigenvalue weighted by molar-refractivity contribution is 5.83. The van der Waals surface area contributed by atoms with Gasteiger partial charge in [-0.15, -0.1) is 0 Å². The number of pyridine rings is 1. The maximum absolute atomic E-state index is 13.7. The van der Waals surface area contributed by atoms with Gasteiger partial charge in [0.1, 0.15) is 17.7 Å². The third kappa shape index (κ3) is 4.89. The first-order chi connectivity index (χ1) is 14.8. The minimum atomic E-state index is -4.18. The van der Waals surface area contributed by atoms with Gasteiger partial charge in [-0.1, -0.05) is 0 Å². The Morgan fingerprint density at radius 1 is 1.10 bits per heavy atom. The Bertz CT molecular complexity index is 1200. The van der Waals surface area contributed by atoms with Crippen molar-refractivity contribution in [2.75, 3.05) is 5.32 Å². The molecule has 31 heavy (non-hydrogen) atoms. The molecular weight excluding hydrogens is 412 g/mol. The van der Waals surface area contributed by atoms with Gasteiger partial charge >= 0.3 is 6.18 Å². The first-order valence-corrected chi connectivity index (χ1v) is 9.86. The van der Waals surface area contributed by atoms with Crippen molar-refractivity contribution in [1.82, 2.24) is 24.9 Å². The van der Waals surface area contributed by atoms with E-state index in [-0.39, 0.29) is 12.5 Å². The molecule has 0 amide bonds. The molecule has 0 radical (unpaired) electrons. The second kappa shape index (κ2) is 8.44. The van der Waals surface area contributed by atoms with Crippen molar-refractivity contribution in [1.29, 1.82) is 0 Å². The molecule has 0 saturated heterocycles. The molecule has 0 saturated carbocycles. The summed E-state index contributed by atoms with van der Waals surface area (Å²) in [5.74, 6) is 0.116. The lowest BCUT2D eigenvalue weighted by Crippen LogP contribution is -2.13. The van der Waals surface area contributed by atoms with Gasteiger partial charge in [0.25, 0.3) is 0 Å². The molecule has 1 atom stereocenters. The number of rotatable bonds is 7. The van der Waals surface area contributed by atoms with Crippen LogP contribution in [0.5, 0.6) is 0 Å². The number of hydrogen-bond acceptors (Lipinski definition) is 5. The van der Waals surface area contributed by atoms with E-state index in [4.69, 9.17) is 0 Å². The number of imidazole rings is 1.